The summed E-state index contributed by atoms with van der Waals surface area (Å²) in [5.74, 6) is 1.07. The molecule has 0 aliphatic carbocycles. The van der Waals surface area contributed by atoms with Crippen molar-refractivity contribution in [3.63, 3.8) is 0 Å². The van der Waals surface area contributed by atoms with Crippen molar-refractivity contribution in [3.05, 3.63) is 64.8 Å². The van der Waals surface area contributed by atoms with Crippen LogP contribution in [0.3, 0.4) is 0 Å². The molecule has 1 heterocycles. The molecule has 0 amide bonds. The number of nitrogens with one attached hydrogen (secondary N) is 2. The Morgan fingerprint density at radius 2 is 1.86 bits per heavy atom. The topological polar surface area (TPSA) is 62.7 Å². The standard InChI is InChI=1S/C16H14BrN5/c1-11-5-4-6-12(9-11)19-16-21-15(10-18-22-16)20-14-8-3-2-7-13(14)17/h2-10H,1H3,(H2,19,20,21,22). The Kier molecular flexibility index (Phi) is 4.29. The average Bonchev–Trinajstić information content (AvgIpc) is 2.50. The second-order valence-corrected chi connectivity index (χ2v) is 5.62. The van der Waals surface area contributed by atoms with E-state index < -0.39 is 0 Å². The highest BCUT2D eigenvalue weighted by Gasteiger charge is 2.04. The van der Waals surface area contributed by atoms with E-state index in [-0.39, 0.29) is 0 Å². The van der Waals surface area contributed by atoms with E-state index in [1.807, 2.05) is 55.5 Å². The van der Waals surface area contributed by atoms with Gasteiger partial charge >= 0.3 is 0 Å². The van der Waals surface area contributed by atoms with E-state index in [9.17, 15) is 0 Å². The Bertz CT molecular complexity index is 791. The van der Waals surface area contributed by atoms with Gasteiger partial charge in [-0.05, 0) is 52.7 Å². The second-order valence-electron chi connectivity index (χ2n) is 4.76. The summed E-state index contributed by atoms with van der Waals surface area (Å²) in [5.41, 5.74) is 3.02. The molecule has 5 nitrogen and oxygen atoms in total. The third-order valence-corrected chi connectivity index (χ3v) is 3.66. The summed E-state index contributed by atoms with van der Waals surface area (Å²) in [7, 11) is 0. The quantitative estimate of drug-likeness (QED) is 0.724. The lowest BCUT2D eigenvalue weighted by Gasteiger charge is -2.09. The zero-order valence-corrected chi connectivity index (χ0v) is 13.5. The van der Waals surface area contributed by atoms with E-state index in [1.165, 1.54) is 5.56 Å². The third kappa shape index (κ3) is 3.59. The first-order valence-corrected chi connectivity index (χ1v) is 7.55. The Morgan fingerprint density at radius 1 is 1.00 bits per heavy atom. The minimum atomic E-state index is 0.447. The molecule has 0 saturated carbocycles. The zero-order valence-electron chi connectivity index (χ0n) is 11.9. The predicted molar refractivity (Wildman–Crippen MR) is 91.7 cm³/mol. The lowest BCUT2D eigenvalue weighted by atomic mass is 10.2. The fraction of sp³-hybridized carbons (Fsp3) is 0.0625. The first kappa shape index (κ1) is 14.5. The summed E-state index contributed by atoms with van der Waals surface area (Å²) < 4.78 is 0.960. The van der Waals surface area contributed by atoms with Gasteiger partial charge in [0, 0.05) is 10.2 Å². The van der Waals surface area contributed by atoms with Gasteiger partial charge in [-0.2, -0.15) is 10.1 Å². The number of aryl methyl sites for hydroxylation is 1. The maximum atomic E-state index is 4.42. The van der Waals surface area contributed by atoms with Crippen LogP contribution in [-0.2, 0) is 0 Å². The fourth-order valence-corrected chi connectivity index (χ4v) is 2.35. The molecule has 6 heteroatoms. The third-order valence-electron chi connectivity index (χ3n) is 2.97. The van der Waals surface area contributed by atoms with Gasteiger partial charge in [0.15, 0.2) is 5.82 Å². The van der Waals surface area contributed by atoms with Gasteiger partial charge in [-0.25, -0.2) is 0 Å². The Morgan fingerprint density at radius 3 is 2.68 bits per heavy atom. The molecular formula is C16H14BrN5. The summed E-state index contributed by atoms with van der Waals surface area (Å²) in [4.78, 5) is 4.42. The highest BCUT2D eigenvalue weighted by molar-refractivity contribution is 9.10. The molecule has 110 valence electrons. The van der Waals surface area contributed by atoms with Crippen molar-refractivity contribution in [2.75, 3.05) is 10.6 Å². The summed E-state index contributed by atoms with van der Waals surface area (Å²) in [6.07, 6.45) is 1.58. The van der Waals surface area contributed by atoms with Crippen LogP contribution in [0, 0.1) is 6.92 Å². The van der Waals surface area contributed by atoms with E-state index in [1.54, 1.807) is 6.20 Å². The number of benzene rings is 2. The van der Waals surface area contributed by atoms with Gasteiger partial charge < -0.3 is 10.6 Å². The van der Waals surface area contributed by atoms with Crippen molar-refractivity contribution >= 4 is 39.1 Å². The normalized spacial score (nSPS) is 10.3. The van der Waals surface area contributed by atoms with Crippen LogP contribution in [0.2, 0.25) is 0 Å². The molecular weight excluding hydrogens is 342 g/mol. The molecule has 0 fully saturated rings. The number of rotatable bonds is 4. The molecule has 22 heavy (non-hydrogen) atoms. The summed E-state index contributed by atoms with van der Waals surface area (Å²) in [6, 6.07) is 15.8. The number of para-hydroxylation sites is 1. The van der Waals surface area contributed by atoms with Crippen LogP contribution in [0.15, 0.2) is 59.2 Å². The maximum Gasteiger partial charge on any atom is 0.249 e. The largest absolute Gasteiger partial charge is 0.338 e. The minimum Gasteiger partial charge on any atom is -0.338 e. The molecule has 3 rings (SSSR count). The van der Waals surface area contributed by atoms with Crippen molar-refractivity contribution in [2.45, 2.75) is 6.92 Å². The lowest BCUT2D eigenvalue weighted by Crippen LogP contribution is -2.02. The second kappa shape index (κ2) is 6.53. The Labute approximate surface area is 137 Å². The molecule has 0 radical (unpaired) electrons. The molecule has 2 N–H and O–H groups in total. The Hall–Kier alpha value is -2.47. The number of halogens is 1. The van der Waals surface area contributed by atoms with E-state index in [0.717, 1.165) is 15.8 Å². The van der Waals surface area contributed by atoms with Crippen LogP contribution in [0.25, 0.3) is 0 Å². The number of nitrogens with zero attached hydrogens (tertiary/aromatic N) is 3. The molecule has 0 unspecified atom stereocenters. The van der Waals surface area contributed by atoms with Crippen LogP contribution in [-0.4, -0.2) is 15.2 Å². The zero-order chi connectivity index (χ0) is 15.4. The molecule has 1 aromatic heterocycles. The first-order chi connectivity index (χ1) is 10.7. The van der Waals surface area contributed by atoms with Gasteiger partial charge in [-0.3, -0.25) is 0 Å². The van der Waals surface area contributed by atoms with Crippen molar-refractivity contribution in [1.29, 1.82) is 0 Å². The smallest absolute Gasteiger partial charge is 0.249 e. The SMILES string of the molecule is Cc1cccc(Nc2nncc(Nc3ccccc3Br)n2)c1. The minimum absolute atomic E-state index is 0.447. The molecule has 0 saturated heterocycles. The molecule has 0 bridgehead atoms. The van der Waals surface area contributed by atoms with Crippen LogP contribution >= 0.6 is 15.9 Å². The number of anilines is 4. The molecule has 0 aliphatic rings. The fourth-order valence-electron chi connectivity index (χ4n) is 1.97. The maximum absolute atomic E-state index is 4.42. The first-order valence-electron chi connectivity index (χ1n) is 6.76. The van der Waals surface area contributed by atoms with Gasteiger partial charge in [0.2, 0.25) is 5.95 Å². The monoisotopic (exact) mass is 355 g/mol. The van der Waals surface area contributed by atoms with Crippen LogP contribution in [0.5, 0.6) is 0 Å². The highest BCUT2D eigenvalue weighted by Crippen LogP contribution is 2.24. The van der Waals surface area contributed by atoms with E-state index in [4.69, 9.17) is 0 Å². The molecule has 2 aromatic carbocycles. The van der Waals surface area contributed by atoms with Gasteiger partial charge in [-0.1, -0.05) is 24.3 Å². The lowest BCUT2D eigenvalue weighted by molar-refractivity contribution is 0.982. The van der Waals surface area contributed by atoms with Gasteiger partial charge in [0.1, 0.15) is 0 Å². The van der Waals surface area contributed by atoms with Crippen molar-refractivity contribution in [1.82, 2.24) is 15.2 Å². The summed E-state index contributed by atoms with van der Waals surface area (Å²) >= 11 is 3.49. The van der Waals surface area contributed by atoms with Crippen molar-refractivity contribution < 1.29 is 0 Å². The average molecular weight is 356 g/mol. The van der Waals surface area contributed by atoms with Crippen molar-refractivity contribution in [2.24, 2.45) is 0 Å². The molecule has 3 aromatic rings. The molecule has 0 spiro atoms. The van der Waals surface area contributed by atoms with Crippen molar-refractivity contribution in [3.8, 4) is 0 Å². The summed E-state index contributed by atoms with van der Waals surface area (Å²) in [6.45, 7) is 2.04. The van der Waals surface area contributed by atoms with Gasteiger partial charge in [0.25, 0.3) is 0 Å². The van der Waals surface area contributed by atoms with E-state index in [2.05, 4.69) is 41.7 Å². The predicted octanol–water partition coefficient (Wildman–Crippen LogP) is 4.43. The van der Waals surface area contributed by atoms with E-state index in [0.29, 0.717) is 11.8 Å². The highest BCUT2D eigenvalue weighted by atomic mass is 79.9. The number of hydrogen-bond acceptors (Lipinski definition) is 5. The van der Waals surface area contributed by atoms with Crippen LogP contribution in [0.4, 0.5) is 23.1 Å². The Balaban J connectivity index is 1.79. The van der Waals surface area contributed by atoms with E-state index >= 15 is 0 Å². The number of aromatic nitrogens is 3. The van der Waals surface area contributed by atoms with Crippen LogP contribution < -0.4 is 10.6 Å². The van der Waals surface area contributed by atoms with Crippen LogP contribution in [0.1, 0.15) is 5.56 Å². The molecule has 0 aliphatic heterocycles. The molecule has 0 atom stereocenters. The van der Waals surface area contributed by atoms with Gasteiger partial charge in [0.05, 0.1) is 11.9 Å². The van der Waals surface area contributed by atoms with Gasteiger partial charge in [-0.15, -0.1) is 5.10 Å². The number of hydrogen-bond donors (Lipinski definition) is 2. The summed E-state index contributed by atoms with van der Waals surface area (Å²) in [5, 5.41) is 14.3.